The van der Waals surface area contributed by atoms with E-state index in [1.807, 2.05) is 0 Å². The minimum atomic E-state index is -3.73. The van der Waals surface area contributed by atoms with E-state index >= 15 is 0 Å². The summed E-state index contributed by atoms with van der Waals surface area (Å²) in [4.78, 5) is 5.03. The zero-order valence-electron chi connectivity index (χ0n) is 11.4. The molecule has 0 aliphatic carbocycles. The fourth-order valence-electron chi connectivity index (χ4n) is 1.95. The van der Waals surface area contributed by atoms with Crippen LogP contribution in [0.1, 0.15) is 29.8 Å². The van der Waals surface area contributed by atoms with Crippen LogP contribution in [0.4, 0.5) is 8.78 Å². The molecule has 0 fully saturated rings. The number of hydrogen-bond donors (Lipinski definition) is 0. The molecule has 116 valence electrons. The van der Waals surface area contributed by atoms with Crippen molar-refractivity contribution in [1.29, 1.82) is 0 Å². The first kappa shape index (κ1) is 16.6. The summed E-state index contributed by atoms with van der Waals surface area (Å²) < 4.78 is 51.0. The van der Waals surface area contributed by atoms with E-state index in [-0.39, 0.29) is 17.0 Å². The maximum absolute atomic E-state index is 13.7. The topological polar surface area (TPSA) is 55.7 Å². The highest BCUT2D eigenvalue weighted by molar-refractivity contribution is 14.1. The molecule has 0 aromatic heterocycles. The Morgan fingerprint density at radius 1 is 1.38 bits per heavy atom. The zero-order chi connectivity index (χ0) is 15.8. The number of rotatable bonds is 3. The zero-order valence-corrected chi connectivity index (χ0v) is 14.4. The highest BCUT2D eigenvalue weighted by atomic mass is 127. The van der Waals surface area contributed by atoms with Crippen molar-refractivity contribution in [2.45, 2.75) is 29.8 Å². The molecule has 4 nitrogen and oxygen atoms in total. The van der Waals surface area contributed by atoms with E-state index in [1.54, 1.807) is 36.4 Å². The van der Waals surface area contributed by atoms with Crippen molar-refractivity contribution in [1.82, 2.24) is 0 Å². The van der Waals surface area contributed by atoms with Crippen LogP contribution in [-0.4, -0.2) is 24.8 Å². The summed E-state index contributed by atoms with van der Waals surface area (Å²) in [6.07, 6.45) is 0.151. The van der Waals surface area contributed by atoms with Crippen molar-refractivity contribution in [2.24, 2.45) is 5.16 Å². The van der Waals surface area contributed by atoms with Crippen LogP contribution in [0, 0.1) is 11.6 Å². The van der Waals surface area contributed by atoms with Gasteiger partial charge >= 0.3 is 0 Å². The fraction of sp³-hybridized carbons (Fsp3) is 0.462. The number of hydrogen-bond acceptors (Lipinski definition) is 4. The van der Waals surface area contributed by atoms with Gasteiger partial charge in [0.2, 0.25) is 0 Å². The van der Waals surface area contributed by atoms with E-state index in [0.29, 0.717) is 0 Å². The lowest BCUT2D eigenvalue weighted by Gasteiger charge is -2.14. The SMILES string of the molecule is CC1(C)CC(S(=O)(=O)CC(I)c2c(F)cccc2F)=NO1. The molecular weight excluding hydrogens is 415 g/mol. The van der Waals surface area contributed by atoms with Gasteiger partial charge in [-0.15, -0.1) is 0 Å². The molecule has 0 bridgehead atoms. The summed E-state index contributed by atoms with van der Waals surface area (Å²) in [5.74, 6) is -1.94. The molecule has 1 aliphatic rings. The van der Waals surface area contributed by atoms with Gasteiger partial charge in [-0.1, -0.05) is 33.8 Å². The van der Waals surface area contributed by atoms with Crippen LogP contribution in [-0.2, 0) is 14.7 Å². The van der Waals surface area contributed by atoms with Crippen LogP contribution in [0.25, 0.3) is 0 Å². The molecule has 2 rings (SSSR count). The van der Waals surface area contributed by atoms with Crippen LogP contribution in [0.15, 0.2) is 23.4 Å². The Bertz CT molecular complexity index is 668. The molecule has 1 unspecified atom stereocenters. The molecule has 1 heterocycles. The largest absolute Gasteiger partial charge is 0.389 e. The van der Waals surface area contributed by atoms with Crippen molar-refractivity contribution in [3.63, 3.8) is 0 Å². The Labute approximate surface area is 135 Å². The molecule has 0 N–H and O–H groups in total. The highest BCUT2D eigenvalue weighted by Crippen LogP contribution is 2.32. The first-order valence-corrected chi connectivity index (χ1v) is 9.08. The normalized spacial score (nSPS) is 19.0. The van der Waals surface area contributed by atoms with Gasteiger partial charge in [-0.3, -0.25) is 0 Å². The minimum absolute atomic E-state index is 0.0779. The standard InChI is InChI=1S/C13H14F2INO3S/c1-13(2)6-11(17-20-13)21(18,19)7-10(16)12-8(14)4-3-5-9(12)15/h3-5,10H,6-7H2,1-2H3. The average molecular weight is 429 g/mol. The molecule has 1 aromatic rings. The Morgan fingerprint density at radius 3 is 2.43 bits per heavy atom. The van der Waals surface area contributed by atoms with E-state index in [4.69, 9.17) is 4.84 Å². The number of oxime groups is 1. The maximum Gasteiger partial charge on any atom is 0.196 e. The monoisotopic (exact) mass is 429 g/mol. The molecule has 0 saturated heterocycles. The second kappa shape index (κ2) is 5.79. The quantitative estimate of drug-likeness (QED) is 0.547. The smallest absolute Gasteiger partial charge is 0.196 e. The molecule has 0 radical (unpaired) electrons. The average Bonchev–Trinajstić information content (AvgIpc) is 2.69. The summed E-state index contributed by atoms with van der Waals surface area (Å²) in [7, 11) is -3.73. The van der Waals surface area contributed by atoms with Gasteiger partial charge in [0.1, 0.15) is 17.2 Å². The summed E-state index contributed by atoms with van der Waals surface area (Å²) in [6, 6.07) is 3.45. The number of nitrogens with zero attached hydrogens (tertiary/aromatic N) is 1. The van der Waals surface area contributed by atoms with Crippen LogP contribution >= 0.6 is 22.6 Å². The summed E-state index contributed by atoms with van der Waals surface area (Å²) in [6.45, 7) is 3.44. The van der Waals surface area contributed by atoms with Gasteiger partial charge in [0, 0.05) is 12.0 Å². The lowest BCUT2D eigenvalue weighted by atomic mass is 10.1. The number of alkyl halides is 1. The van der Waals surface area contributed by atoms with E-state index in [0.717, 1.165) is 12.1 Å². The van der Waals surface area contributed by atoms with Gasteiger partial charge in [0.25, 0.3) is 0 Å². The van der Waals surface area contributed by atoms with E-state index in [1.165, 1.54) is 6.07 Å². The molecule has 1 aliphatic heterocycles. The van der Waals surface area contributed by atoms with Gasteiger partial charge in [-0.2, -0.15) is 0 Å². The van der Waals surface area contributed by atoms with Crippen LogP contribution < -0.4 is 0 Å². The van der Waals surface area contributed by atoms with Crippen molar-refractivity contribution in [3.8, 4) is 0 Å². The third kappa shape index (κ3) is 3.71. The Balaban J connectivity index is 2.22. The van der Waals surface area contributed by atoms with Crippen LogP contribution in [0.3, 0.4) is 0 Å². The van der Waals surface area contributed by atoms with Gasteiger partial charge in [0.15, 0.2) is 14.9 Å². The maximum atomic E-state index is 13.7. The Hall–Kier alpha value is -0.770. The lowest BCUT2D eigenvalue weighted by Crippen LogP contribution is -2.25. The predicted octanol–water partition coefficient (Wildman–Crippen LogP) is 3.37. The summed E-state index contributed by atoms with van der Waals surface area (Å²) >= 11 is 1.72. The Morgan fingerprint density at radius 2 is 1.95 bits per heavy atom. The molecule has 8 heteroatoms. The number of benzene rings is 1. The first-order chi connectivity index (χ1) is 9.62. The predicted molar refractivity (Wildman–Crippen MR) is 84.1 cm³/mol. The minimum Gasteiger partial charge on any atom is -0.389 e. The molecule has 1 aromatic carbocycles. The van der Waals surface area contributed by atoms with E-state index in [9.17, 15) is 17.2 Å². The van der Waals surface area contributed by atoms with Gasteiger partial charge in [-0.25, -0.2) is 17.2 Å². The fourth-order valence-corrected chi connectivity index (χ4v) is 5.43. The third-order valence-electron chi connectivity index (χ3n) is 3.01. The number of sulfone groups is 1. The highest BCUT2D eigenvalue weighted by Gasteiger charge is 2.37. The summed E-state index contributed by atoms with van der Waals surface area (Å²) in [5, 5.41) is 3.51. The molecule has 0 spiro atoms. The van der Waals surface area contributed by atoms with Crippen molar-refractivity contribution < 1.29 is 22.0 Å². The van der Waals surface area contributed by atoms with Crippen molar-refractivity contribution in [2.75, 3.05) is 5.75 Å². The van der Waals surface area contributed by atoms with Gasteiger partial charge in [0.05, 0.1) is 9.68 Å². The third-order valence-corrected chi connectivity index (χ3v) is 6.38. The van der Waals surface area contributed by atoms with Crippen LogP contribution in [0.2, 0.25) is 0 Å². The molecular formula is C13H14F2INO3S. The Kier molecular flexibility index (Phi) is 4.57. The van der Waals surface area contributed by atoms with Crippen molar-refractivity contribution in [3.05, 3.63) is 35.4 Å². The molecule has 1 atom stereocenters. The van der Waals surface area contributed by atoms with Gasteiger partial charge in [-0.05, 0) is 26.0 Å². The second-order valence-electron chi connectivity index (χ2n) is 5.40. The molecule has 0 saturated carbocycles. The second-order valence-corrected chi connectivity index (χ2v) is 8.93. The van der Waals surface area contributed by atoms with E-state index < -0.39 is 36.8 Å². The first-order valence-electron chi connectivity index (χ1n) is 6.18. The lowest BCUT2D eigenvalue weighted by molar-refractivity contribution is 0.0123. The summed E-state index contributed by atoms with van der Waals surface area (Å²) in [5.41, 5.74) is -0.910. The number of halogens is 3. The van der Waals surface area contributed by atoms with Gasteiger partial charge < -0.3 is 4.84 Å². The molecule has 21 heavy (non-hydrogen) atoms. The van der Waals surface area contributed by atoms with Crippen molar-refractivity contribution >= 4 is 37.5 Å². The van der Waals surface area contributed by atoms with E-state index in [2.05, 4.69) is 5.16 Å². The van der Waals surface area contributed by atoms with Crippen LogP contribution in [0.5, 0.6) is 0 Å². The molecule has 0 amide bonds.